The van der Waals surface area contributed by atoms with Crippen molar-refractivity contribution in [1.29, 1.82) is 0 Å². The van der Waals surface area contributed by atoms with Crippen molar-refractivity contribution >= 4 is 17.3 Å². The Morgan fingerprint density at radius 1 is 1.09 bits per heavy atom. The highest BCUT2D eigenvalue weighted by molar-refractivity contribution is 6.06. The maximum absolute atomic E-state index is 12.5. The zero-order valence-electron chi connectivity index (χ0n) is 13.4. The lowest BCUT2D eigenvalue weighted by Crippen LogP contribution is -2.15. The van der Waals surface area contributed by atoms with Gasteiger partial charge in [0.05, 0.1) is 12.7 Å². The highest BCUT2D eigenvalue weighted by Crippen LogP contribution is 2.24. The SMILES string of the molecule is COc1ccc(NC(C)C)cc1C(=O)Nc1cccc(C)c1. The third kappa shape index (κ3) is 4.01. The monoisotopic (exact) mass is 298 g/mol. The molecular weight excluding hydrogens is 276 g/mol. The number of carbonyl (C=O) groups is 1. The van der Waals surface area contributed by atoms with Gasteiger partial charge in [0.2, 0.25) is 0 Å². The second-order valence-electron chi connectivity index (χ2n) is 5.54. The quantitative estimate of drug-likeness (QED) is 0.874. The van der Waals surface area contributed by atoms with Crippen molar-refractivity contribution in [2.75, 3.05) is 17.7 Å². The molecule has 0 saturated carbocycles. The average Bonchev–Trinajstić information content (AvgIpc) is 2.46. The summed E-state index contributed by atoms with van der Waals surface area (Å²) in [4.78, 5) is 12.5. The smallest absolute Gasteiger partial charge is 0.259 e. The minimum atomic E-state index is -0.185. The summed E-state index contributed by atoms with van der Waals surface area (Å²) in [5, 5.41) is 6.20. The molecule has 0 bridgehead atoms. The van der Waals surface area contributed by atoms with Crippen molar-refractivity contribution in [3.63, 3.8) is 0 Å². The normalized spacial score (nSPS) is 10.4. The number of nitrogens with one attached hydrogen (secondary N) is 2. The first-order valence-corrected chi connectivity index (χ1v) is 7.32. The van der Waals surface area contributed by atoms with Gasteiger partial charge >= 0.3 is 0 Å². The molecule has 4 heteroatoms. The van der Waals surface area contributed by atoms with Gasteiger partial charge in [-0.05, 0) is 56.7 Å². The summed E-state index contributed by atoms with van der Waals surface area (Å²) in [6.45, 7) is 6.09. The van der Waals surface area contributed by atoms with E-state index in [1.54, 1.807) is 13.2 Å². The van der Waals surface area contributed by atoms with E-state index < -0.39 is 0 Å². The molecule has 22 heavy (non-hydrogen) atoms. The standard InChI is InChI=1S/C18H22N2O2/c1-12(2)19-15-8-9-17(22-4)16(11-15)18(21)20-14-7-5-6-13(3)10-14/h5-12,19H,1-4H3,(H,20,21). The largest absolute Gasteiger partial charge is 0.496 e. The van der Waals surface area contributed by atoms with Gasteiger partial charge in [0.25, 0.3) is 5.91 Å². The summed E-state index contributed by atoms with van der Waals surface area (Å²) in [6, 6.07) is 13.5. The van der Waals surface area contributed by atoms with E-state index in [1.807, 2.05) is 43.3 Å². The van der Waals surface area contributed by atoms with Crippen LogP contribution in [0.1, 0.15) is 29.8 Å². The highest BCUT2D eigenvalue weighted by atomic mass is 16.5. The van der Waals surface area contributed by atoms with Crippen molar-refractivity contribution in [2.24, 2.45) is 0 Å². The number of hydrogen-bond acceptors (Lipinski definition) is 3. The molecule has 0 aliphatic rings. The van der Waals surface area contributed by atoms with Crippen LogP contribution in [0.3, 0.4) is 0 Å². The molecule has 0 unspecified atom stereocenters. The number of methoxy groups -OCH3 is 1. The summed E-state index contributed by atoms with van der Waals surface area (Å²) < 4.78 is 5.30. The van der Waals surface area contributed by atoms with Crippen LogP contribution in [0.2, 0.25) is 0 Å². The van der Waals surface area contributed by atoms with E-state index in [2.05, 4.69) is 24.5 Å². The van der Waals surface area contributed by atoms with Crippen LogP contribution in [-0.4, -0.2) is 19.1 Å². The molecule has 4 nitrogen and oxygen atoms in total. The third-order valence-electron chi connectivity index (χ3n) is 3.18. The number of rotatable bonds is 5. The van der Waals surface area contributed by atoms with Crippen LogP contribution < -0.4 is 15.4 Å². The number of aryl methyl sites for hydroxylation is 1. The Labute approximate surface area is 131 Å². The predicted molar refractivity (Wildman–Crippen MR) is 90.9 cm³/mol. The van der Waals surface area contributed by atoms with Crippen LogP contribution >= 0.6 is 0 Å². The van der Waals surface area contributed by atoms with Gasteiger partial charge in [0.1, 0.15) is 5.75 Å². The highest BCUT2D eigenvalue weighted by Gasteiger charge is 2.14. The fraction of sp³-hybridized carbons (Fsp3) is 0.278. The molecule has 2 aromatic rings. The Hall–Kier alpha value is -2.49. The van der Waals surface area contributed by atoms with Crippen molar-refractivity contribution < 1.29 is 9.53 Å². The van der Waals surface area contributed by atoms with E-state index >= 15 is 0 Å². The van der Waals surface area contributed by atoms with Crippen molar-refractivity contribution in [3.8, 4) is 5.75 Å². The number of carbonyl (C=O) groups excluding carboxylic acids is 1. The first kappa shape index (κ1) is 15.9. The van der Waals surface area contributed by atoms with E-state index in [1.165, 1.54) is 0 Å². The lowest BCUT2D eigenvalue weighted by atomic mass is 10.1. The average molecular weight is 298 g/mol. The lowest BCUT2D eigenvalue weighted by Gasteiger charge is -2.14. The van der Waals surface area contributed by atoms with Gasteiger partial charge in [-0.3, -0.25) is 4.79 Å². The summed E-state index contributed by atoms with van der Waals surface area (Å²) in [5.74, 6) is 0.370. The van der Waals surface area contributed by atoms with E-state index in [0.29, 0.717) is 17.4 Å². The molecule has 0 aliphatic heterocycles. The molecule has 0 heterocycles. The number of ether oxygens (including phenoxy) is 1. The van der Waals surface area contributed by atoms with E-state index in [-0.39, 0.29) is 5.91 Å². The Balaban J connectivity index is 2.26. The fourth-order valence-corrected chi connectivity index (χ4v) is 2.23. The van der Waals surface area contributed by atoms with Gasteiger partial charge in [-0.25, -0.2) is 0 Å². The molecule has 0 radical (unpaired) electrons. The second kappa shape index (κ2) is 6.98. The van der Waals surface area contributed by atoms with Crippen molar-refractivity contribution in [1.82, 2.24) is 0 Å². The molecule has 0 atom stereocenters. The first-order chi connectivity index (χ1) is 10.5. The Morgan fingerprint density at radius 3 is 2.50 bits per heavy atom. The zero-order chi connectivity index (χ0) is 16.1. The molecule has 0 aliphatic carbocycles. The molecule has 0 aromatic heterocycles. The number of amides is 1. The maximum Gasteiger partial charge on any atom is 0.259 e. The summed E-state index contributed by atoms with van der Waals surface area (Å²) in [7, 11) is 1.56. The molecule has 0 saturated heterocycles. The molecule has 116 valence electrons. The van der Waals surface area contributed by atoms with Gasteiger partial charge in [0, 0.05) is 17.4 Å². The van der Waals surface area contributed by atoms with Crippen LogP contribution in [0.4, 0.5) is 11.4 Å². The Bertz CT molecular complexity index is 666. The number of anilines is 2. The molecule has 0 fully saturated rings. The van der Waals surface area contributed by atoms with E-state index in [9.17, 15) is 4.79 Å². The lowest BCUT2D eigenvalue weighted by molar-refractivity contribution is 0.102. The molecule has 2 N–H and O–H groups in total. The molecule has 2 rings (SSSR count). The first-order valence-electron chi connectivity index (χ1n) is 7.32. The van der Waals surface area contributed by atoms with Gasteiger partial charge in [-0.1, -0.05) is 12.1 Å². The Kier molecular flexibility index (Phi) is 5.04. The number of hydrogen-bond donors (Lipinski definition) is 2. The van der Waals surface area contributed by atoms with Gasteiger partial charge in [-0.2, -0.15) is 0 Å². The summed E-state index contributed by atoms with van der Waals surface area (Å²) in [6.07, 6.45) is 0. The second-order valence-corrected chi connectivity index (χ2v) is 5.54. The minimum Gasteiger partial charge on any atom is -0.496 e. The molecular formula is C18H22N2O2. The molecule has 0 spiro atoms. The third-order valence-corrected chi connectivity index (χ3v) is 3.18. The van der Waals surface area contributed by atoms with Crippen LogP contribution in [0.25, 0.3) is 0 Å². The predicted octanol–water partition coefficient (Wildman–Crippen LogP) is 4.08. The van der Waals surface area contributed by atoms with Crippen molar-refractivity contribution in [3.05, 3.63) is 53.6 Å². The summed E-state index contributed by atoms with van der Waals surface area (Å²) in [5.41, 5.74) is 3.27. The molecule has 1 amide bonds. The molecule has 2 aromatic carbocycles. The van der Waals surface area contributed by atoms with Crippen molar-refractivity contribution in [2.45, 2.75) is 26.8 Å². The maximum atomic E-state index is 12.5. The topological polar surface area (TPSA) is 50.4 Å². The fourth-order valence-electron chi connectivity index (χ4n) is 2.23. The van der Waals surface area contributed by atoms with Crippen LogP contribution in [0, 0.1) is 6.92 Å². The zero-order valence-corrected chi connectivity index (χ0v) is 13.4. The minimum absolute atomic E-state index is 0.185. The summed E-state index contributed by atoms with van der Waals surface area (Å²) >= 11 is 0. The Morgan fingerprint density at radius 2 is 1.86 bits per heavy atom. The van der Waals surface area contributed by atoms with Crippen LogP contribution in [0.15, 0.2) is 42.5 Å². The van der Waals surface area contributed by atoms with Gasteiger partial charge in [-0.15, -0.1) is 0 Å². The van der Waals surface area contributed by atoms with E-state index in [0.717, 1.165) is 16.9 Å². The van der Waals surface area contributed by atoms with E-state index in [4.69, 9.17) is 4.74 Å². The van der Waals surface area contributed by atoms with Gasteiger partial charge in [0.15, 0.2) is 0 Å². The van der Waals surface area contributed by atoms with Crippen LogP contribution in [-0.2, 0) is 0 Å². The van der Waals surface area contributed by atoms with Gasteiger partial charge < -0.3 is 15.4 Å². The number of benzene rings is 2. The van der Waals surface area contributed by atoms with Crippen LogP contribution in [0.5, 0.6) is 5.75 Å².